The highest BCUT2D eigenvalue weighted by atomic mass is 19.1. The first-order valence-electron chi connectivity index (χ1n) is 5.96. The monoisotopic (exact) mass is 256 g/mol. The van der Waals surface area contributed by atoms with Crippen LogP contribution in [0.15, 0.2) is 18.2 Å². The summed E-state index contributed by atoms with van der Waals surface area (Å²) in [6, 6.07) is 1.92. The van der Waals surface area contributed by atoms with Crippen molar-refractivity contribution in [3.63, 3.8) is 0 Å². The molecule has 1 rings (SSSR count). The van der Waals surface area contributed by atoms with Gasteiger partial charge < -0.3 is 11.1 Å². The van der Waals surface area contributed by atoms with Crippen LogP contribution >= 0.6 is 0 Å². The fraction of sp³-hybridized carbons (Fsp3) is 0.462. The highest BCUT2D eigenvalue weighted by molar-refractivity contribution is 5.81. The van der Waals surface area contributed by atoms with Crippen LogP contribution in [0.3, 0.4) is 0 Å². The van der Waals surface area contributed by atoms with Gasteiger partial charge in [-0.15, -0.1) is 0 Å². The number of halogens is 2. The van der Waals surface area contributed by atoms with Gasteiger partial charge in [-0.1, -0.05) is 13.3 Å². The lowest BCUT2D eigenvalue weighted by Crippen LogP contribution is -2.41. The minimum absolute atomic E-state index is 0.118. The second-order valence-corrected chi connectivity index (χ2v) is 4.29. The largest absolute Gasteiger partial charge is 0.348 e. The van der Waals surface area contributed by atoms with Crippen LogP contribution < -0.4 is 11.1 Å². The molecule has 0 fully saturated rings. The van der Waals surface area contributed by atoms with E-state index in [9.17, 15) is 13.6 Å². The smallest absolute Gasteiger partial charge is 0.237 e. The van der Waals surface area contributed by atoms with E-state index < -0.39 is 23.7 Å². The molecule has 0 aliphatic carbocycles. The van der Waals surface area contributed by atoms with Crippen LogP contribution in [-0.2, 0) is 4.79 Å². The zero-order valence-corrected chi connectivity index (χ0v) is 10.5. The van der Waals surface area contributed by atoms with E-state index in [1.165, 1.54) is 0 Å². The molecule has 0 aromatic heterocycles. The van der Waals surface area contributed by atoms with Crippen molar-refractivity contribution in [3.8, 4) is 0 Å². The Morgan fingerprint density at radius 2 is 2.11 bits per heavy atom. The Morgan fingerprint density at radius 3 is 2.72 bits per heavy atom. The maximum atomic E-state index is 13.5. The number of carbonyl (C=O) groups excluding carboxylic acids is 1. The summed E-state index contributed by atoms with van der Waals surface area (Å²) in [6.45, 7) is 3.51. The number of nitrogens with two attached hydrogens (primary N) is 1. The summed E-state index contributed by atoms with van der Waals surface area (Å²) < 4.78 is 26.5. The lowest BCUT2D eigenvalue weighted by atomic mass is 10.1. The SMILES string of the molecule is CCC[C@H](N)C(=O)NC(C)c1cc(F)ccc1F. The van der Waals surface area contributed by atoms with Crippen LogP contribution in [0, 0.1) is 11.6 Å². The fourth-order valence-electron chi connectivity index (χ4n) is 1.69. The Morgan fingerprint density at radius 1 is 1.44 bits per heavy atom. The van der Waals surface area contributed by atoms with E-state index in [-0.39, 0.29) is 11.5 Å². The van der Waals surface area contributed by atoms with E-state index in [1.54, 1.807) is 6.92 Å². The van der Waals surface area contributed by atoms with Gasteiger partial charge >= 0.3 is 0 Å². The minimum Gasteiger partial charge on any atom is -0.348 e. The Balaban J connectivity index is 2.73. The molecule has 18 heavy (non-hydrogen) atoms. The molecular formula is C13H18F2N2O. The number of carbonyl (C=O) groups is 1. The Kier molecular flexibility index (Phi) is 5.22. The topological polar surface area (TPSA) is 55.1 Å². The highest BCUT2D eigenvalue weighted by Gasteiger charge is 2.18. The lowest BCUT2D eigenvalue weighted by molar-refractivity contribution is -0.123. The van der Waals surface area contributed by atoms with Crippen molar-refractivity contribution in [2.75, 3.05) is 0 Å². The van der Waals surface area contributed by atoms with Crippen LogP contribution in [0.4, 0.5) is 8.78 Å². The number of benzene rings is 1. The Hall–Kier alpha value is -1.49. The number of hydrogen-bond donors (Lipinski definition) is 2. The molecule has 0 radical (unpaired) electrons. The first kappa shape index (κ1) is 14.6. The summed E-state index contributed by atoms with van der Waals surface area (Å²) >= 11 is 0. The van der Waals surface area contributed by atoms with Crippen LogP contribution in [-0.4, -0.2) is 11.9 Å². The van der Waals surface area contributed by atoms with Gasteiger partial charge in [0.05, 0.1) is 12.1 Å². The van der Waals surface area contributed by atoms with Gasteiger partial charge in [0.15, 0.2) is 0 Å². The number of hydrogen-bond acceptors (Lipinski definition) is 2. The van der Waals surface area contributed by atoms with Crippen molar-refractivity contribution >= 4 is 5.91 Å². The summed E-state index contributed by atoms with van der Waals surface area (Å²) in [5, 5.41) is 2.58. The molecule has 3 N–H and O–H groups in total. The third-order valence-electron chi connectivity index (χ3n) is 2.72. The van der Waals surface area contributed by atoms with Gasteiger partial charge in [0.1, 0.15) is 11.6 Å². The van der Waals surface area contributed by atoms with Crippen molar-refractivity contribution in [1.82, 2.24) is 5.32 Å². The Bertz CT molecular complexity index is 423. The zero-order chi connectivity index (χ0) is 13.7. The zero-order valence-electron chi connectivity index (χ0n) is 10.5. The molecule has 1 aromatic carbocycles. The molecule has 0 aliphatic rings. The van der Waals surface area contributed by atoms with Crippen LogP contribution in [0.1, 0.15) is 38.3 Å². The molecular weight excluding hydrogens is 238 g/mol. The maximum absolute atomic E-state index is 13.5. The molecule has 0 aliphatic heterocycles. The fourth-order valence-corrected chi connectivity index (χ4v) is 1.69. The number of nitrogens with one attached hydrogen (secondary N) is 1. The van der Waals surface area contributed by atoms with Crippen molar-refractivity contribution in [3.05, 3.63) is 35.4 Å². The average molecular weight is 256 g/mol. The third kappa shape index (κ3) is 3.77. The first-order chi connectivity index (χ1) is 8.45. The van der Waals surface area contributed by atoms with Gasteiger partial charge in [-0.25, -0.2) is 8.78 Å². The lowest BCUT2D eigenvalue weighted by Gasteiger charge is -2.18. The quantitative estimate of drug-likeness (QED) is 0.849. The molecule has 0 saturated heterocycles. The van der Waals surface area contributed by atoms with Crippen molar-refractivity contribution in [2.24, 2.45) is 5.73 Å². The molecule has 0 spiro atoms. The second kappa shape index (κ2) is 6.44. The van der Waals surface area contributed by atoms with E-state index in [0.29, 0.717) is 6.42 Å². The second-order valence-electron chi connectivity index (χ2n) is 4.29. The normalized spacial score (nSPS) is 14.1. The van der Waals surface area contributed by atoms with E-state index in [0.717, 1.165) is 24.6 Å². The van der Waals surface area contributed by atoms with E-state index in [1.807, 2.05) is 6.92 Å². The molecule has 1 unspecified atom stereocenters. The summed E-state index contributed by atoms with van der Waals surface area (Å²) in [4.78, 5) is 11.7. The van der Waals surface area contributed by atoms with Gasteiger partial charge in [0, 0.05) is 5.56 Å². The van der Waals surface area contributed by atoms with Crippen LogP contribution in [0.5, 0.6) is 0 Å². The summed E-state index contributed by atoms with van der Waals surface area (Å²) in [7, 11) is 0. The average Bonchev–Trinajstić information content (AvgIpc) is 2.32. The molecule has 100 valence electrons. The van der Waals surface area contributed by atoms with E-state index >= 15 is 0 Å². The molecule has 0 bridgehead atoms. The summed E-state index contributed by atoms with van der Waals surface area (Å²) in [5.41, 5.74) is 5.76. The molecule has 3 nitrogen and oxygen atoms in total. The molecule has 1 amide bonds. The molecule has 1 aromatic rings. The number of rotatable bonds is 5. The van der Waals surface area contributed by atoms with E-state index in [4.69, 9.17) is 5.73 Å². The van der Waals surface area contributed by atoms with Gasteiger partial charge in [0.25, 0.3) is 0 Å². The Labute approximate surface area is 105 Å². The van der Waals surface area contributed by atoms with Crippen LogP contribution in [0.25, 0.3) is 0 Å². The third-order valence-corrected chi connectivity index (χ3v) is 2.72. The predicted octanol–water partition coefficient (Wildman–Crippen LogP) is 2.27. The van der Waals surface area contributed by atoms with Crippen LogP contribution in [0.2, 0.25) is 0 Å². The van der Waals surface area contributed by atoms with Crippen molar-refractivity contribution in [2.45, 2.75) is 38.8 Å². The summed E-state index contributed by atoms with van der Waals surface area (Å²) in [5.74, 6) is -1.44. The van der Waals surface area contributed by atoms with Gasteiger partial charge in [-0.05, 0) is 31.5 Å². The highest BCUT2D eigenvalue weighted by Crippen LogP contribution is 2.18. The summed E-state index contributed by atoms with van der Waals surface area (Å²) in [6.07, 6.45) is 1.35. The van der Waals surface area contributed by atoms with Crippen molar-refractivity contribution in [1.29, 1.82) is 0 Å². The van der Waals surface area contributed by atoms with Gasteiger partial charge in [-0.2, -0.15) is 0 Å². The minimum atomic E-state index is -0.617. The first-order valence-corrected chi connectivity index (χ1v) is 5.96. The van der Waals surface area contributed by atoms with Gasteiger partial charge in [0.2, 0.25) is 5.91 Å². The molecule has 2 atom stereocenters. The molecule has 0 heterocycles. The van der Waals surface area contributed by atoms with Gasteiger partial charge in [-0.3, -0.25) is 4.79 Å². The maximum Gasteiger partial charge on any atom is 0.237 e. The number of amides is 1. The standard InChI is InChI=1S/C13H18F2N2O/c1-3-4-12(16)13(18)17-8(2)10-7-9(14)5-6-11(10)15/h5-8,12H,3-4,16H2,1-2H3,(H,17,18)/t8?,12-/m0/s1. The van der Waals surface area contributed by atoms with Crippen molar-refractivity contribution < 1.29 is 13.6 Å². The van der Waals surface area contributed by atoms with E-state index in [2.05, 4.69) is 5.32 Å². The molecule has 0 saturated carbocycles. The predicted molar refractivity (Wildman–Crippen MR) is 65.8 cm³/mol. The molecule has 5 heteroatoms.